The van der Waals surface area contributed by atoms with Crippen molar-refractivity contribution in [2.75, 3.05) is 0 Å². The number of hydrogen-bond donors (Lipinski definition) is 6. The summed E-state index contributed by atoms with van der Waals surface area (Å²) >= 11 is 0. The van der Waals surface area contributed by atoms with Crippen molar-refractivity contribution >= 4 is 17.3 Å². The number of aliphatic hydroxyl groups excluding tert-OH is 1. The molecule has 1 aliphatic heterocycles. The lowest BCUT2D eigenvalue weighted by molar-refractivity contribution is -0.339. The summed E-state index contributed by atoms with van der Waals surface area (Å²) in [5.74, 6) is -6.51. The molecule has 2 aromatic rings. The first-order valence-corrected chi connectivity index (χ1v) is 11.8. The van der Waals surface area contributed by atoms with E-state index >= 15 is 0 Å². The Morgan fingerprint density at radius 1 is 1.08 bits per heavy atom. The SMILES string of the molecule is CC(=O)[C@]1(O)Cc2c(O)c3c(c(O)c2[C@@](O)(O[C@H]2C[C@@H](N)[C@H](O)C(C)O2)C1)C(=O)c1ccccc1C3=O. The number of phenols is 2. The number of aliphatic hydroxyl groups is 3. The maximum Gasteiger partial charge on any atom is 0.202 e. The van der Waals surface area contributed by atoms with Crippen molar-refractivity contribution in [2.45, 2.75) is 69.0 Å². The van der Waals surface area contributed by atoms with Gasteiger partial charge in [-0.1, -0.05) is 24.3 Å². The molecule has 0 radical (unpaired) electrons. The van der Waals surface area contributed by atoms with Gasteiger partial charge in [-0.3, -0.25) is 14.4 Å². The molecule has 1 heterocycles. The first kappa shape index (κ1) is 25.5. The maximum absolute atomic E-state index is 13.4. The molecule has 0 amide bonds. The van der Waals surface area contributed by atoms with E-state index < -0.39 is 94.3 Å². The van der Waals surface area contributed by atoms with Gasteiger partial charge in [0, 0.05) is 42.0 Å². The van der Waals surface area contributed by atoms with Crippen molar-refractivity contribution in [2.24, 2.45) is 5.73 Å². The zero-order valence-electron chi connectivity index (χ0n) is 20.1. The Morgan fingerprint density at radius 2 is 1.65 bits per heavy atom. The van der Waals surface area contributed by atoms with Gasteiger partial charge >= 0.3 is 0 Å². The summed E-state index contributed by atoms with van der Waals surface area (Å²) in [4.78, 5) is 39.1. The summed E-state index contributed by atoms with van der Waals surface area (Å²) in [5.41, 5.74) is 1.89. The smallest absolute Gasteiger partial charge is 0.202 e. The molecule has 2 aromatic carbocycles. The van der Waals surface area contributed by atoms with Crippen molar-refractivity contribution in [1.82, 2.24) is 0 Å². The Hall–Kier alpha value is -3.19. The third-order valence-electron chi connectivity index (χ3n) is 7.54. The fourth-order valence-corrected chi connectivity index (χ4v) is 5.53. The molecule has 6 atom stereocenters. The van der Waals surface area contributed by atoms with Gasteiger partial charge in [-0.2, -0.15) is 0 Å². The van der Waals surface area contributed by atoms with E-state index in [9.17, 15) is 39.9 Å². The number of carbonyl (C=O) groups is 3. The molecule has 37 heavy (non-hydrogen) atoms. The third-order valence-corrected chi connectivity index (χ3v) is 7.54. The molecular weight excluding hydrogens is 486 g/mol. The second-order valence-electron chi connectivity index (χ2n) is 10.0. The number of ether oxygens (including phenoxy) is 2. The lowest BCUT2D eigenvalue weighted by atomic mass is 9.70. The molecule has 0 aromatic heterocycles. The first-order chi connectivity index (χ1) is 17.3. The fourth-order valence-electron chi connectivity index (χ4n) is 5.53. The summed E-state index contributed by atoms with van der Waals surface area (Å²) < 4.78 is 11.4. The van der Waals surface area contributed by atoms with Gasteiger partial charge in [-0.25, -0.2) is 0 Å². The van der Waals surface area contributed by atoms with Gasteiger partial charge in [0.2, 0.25) is 5.79 Å². The number of carbonyl (C=O) groups excluding carboxylic acids is 3. The minimum Gasteiger partial charge on any atom is -0.507 e. The average Bonchev–Trinajstić information content (AvgIpc) is 2.82. The zero-order chi connectivity index (χ0) is 27.0. The van der Waals surface area contributed by atoms with Crippen LogP contribution in [0.2, 0.25) is 0 Å². The van der Waals surface area contributed by atoms with Crippen LogP contribution < -0.4 is 5.73 Å². The third kappa shape index (κ3) is 3.69. The average molecular weight is 513 g/mol. The minimum absolute atomic E-state index is 0.000409. The van der Waals surface area contributed by atoms with Crippen LogP contribution in [-0.4, -0.2) is 73.0 Å². The molecule has 0 saturated carbocycles. The molecule has 3 aliphatic rings. The van der Waals surface area contributed by atoms with Crippen LogP contribution in [0.1, 0.15) is 69.7 Å². The van der Waals surface area contributed by atoms with Crippen molar-refractivity contribution < 1.29 is 49.4 Å². The highest BCUT2D eigenvalue weighted by Gasteiger charge is 2.55. The van der Waals surface area contributed by atoms with E-state index in [0.29, 0.717) is 0 Å². The van der Waals surface area contributed by atoms with E-state index in [4.69, 9.17) is 15.2 Å². The van der Waals surface area contributed by atoms with Crippen LogP contribution in [0.25, 0.3) is 0 Å². The standard InChI is InChI=1S/C26H27NO10/c1-10-20(29)15(27)7-16(36-10)37-26(35)9-25(34,11(2)28)8-14-19(26)24(33)18-17(23(14)32)21(30)12-5-3-4-6-13(12)22(18)31/h3-6,10,15-16,20,29,32-35H,7-9,27H2,1-2H3/t10?,15-,16+,20-,25+,26+/m1/s1. The van der Waals surface area contributed by atoms with Crippen LogP contribution in [0.5, 0.6) is 11.5 Å². The van der Waals surface area contributed by atoms with Crippen molar-refractivity contribution in [3.05, 3.63) is 57.6 Å². The van der Waals surface area contributed by atoms with E-state index in [1.165, 1.54) is 31.2 Å². The largest absolute Gasteiger partial charge is 0.507 e. The van der Waals surface area contributed by atoms with Crippen LogP contribution in [0, 0.1) is 0 Å². The number of fused-ring (bicyclic) bond motifs is 3. The predicted molar refractivity (Wildman–Crippen MR) is 125 cm³/mol. The number of benzene rings is 2. The van der Waals surface area contributed by atoms with Crippen LogP contribution in [0.4, 0.5) is 0 Å². The molecule has 5 rings (SSSR count). The molecule has 0 spiro atoms. The molecule has 11 heteroatoms. The fraction of sp³-hybridized carbons (Fsp3) is 0.423. The van der Waals surface area contributed by atoms with Crippen molar-refractivity contribution in [1.29, 1.82) is 0 Å². The number of ketones is 3. The molecule has 0 bridgehead atoms. The lowest BCUT2D eigenvalue weighted by Crippen LogP contribution is -2.56. The highest BCUT2D eigenvalue weighted by Crippen LogP contribution is 2.53. The predicted octanol–water partition coefficient (Wildman–Crippen LogP) is 0.124. The maximum atomic E-state index is 13.4. The van der Waals surface area contributed by atoms with Gasteiger partial charge in [0.25, 0.3) is 0 Å². The summed E-state index contributed by atoms with van der Waals surface area (Å²) in [6.45, 7) is 2.61. The number of Topliss-reactive ketones (excluding diaryl/α,β-unsaturated/α-hetero) is 1. The zero-order valence-corrected chi connectivity index (χ0v) is 20.1. The summed E-state index contributed by atoms with van der Waals surface area (Å²) in [7, 11) is 0. The van der Waals surface area contributed by atoms with Crippen molar-refractivity contribution in [3.63, 3.8) is 0 Å². The molecule has 1 saturated heterocycles. The number of aromatic hydroxyl groups is 2. The van der Waals surface area contributed by atoms with Crippen LogP contribution in [0.15, 0.2) is 24.3 Å². The van der Waals surface area contributed by atoms with Crippen LogP contribution >= 0.6 is 0 Å². The van der Waals surface area contributed by atoms with E-state index in [1.54, 1.807) is 0 Å². The monoisotopic (exact) mass is 513 g/mol. The Balaban J connectivity index is 1.72. The van der Waals surface area contributed by atoms with Gasteiger partial charge < -0.3 is 40.7 Å². The van der Waals surface area contributed by atoms with Crippen molar-refractivity contribution in [3.8, 4) is 11.5 Å². The van der Waals surface area contributed by atoms with E-state index in [1.807, 2.05) is 0 Å². The molecular formula is C26H27NO10. The quantitative estimate of drug-likeness (QED) is 0.206. The highest BCUT2D eigenvalue weighted by molar-refractivity contribution is 6.30. The first-order valence-electron chi connectivity index (χ1n) is 11.8. The van der Waals surface area contributed by atoms with E-state index in [-0.39, 0.29) is 23.1 Å². The van der Waals surface area contributed by atoms with Gasteiger partial charge in [0.15, 0.2) is 23.6 Å². The second kappa shape index (κ2) is 8.42. The topological polar surface area (TPSA) is 197 Å². The Morgan fingerprint density at radius 3 is 2.19 bits per heavy atom. The Labute approximate surface area is 211 Å². The summed E-state index contributed by atoms with van der Waals surface area (Å²) in [5, 5.41) is 55.6. The number of nitrogens with two attached hydrogens (primary N) is 1. The molecule has 11 nitrogen and oxygen atoms in total. The minimum atomic E-state index is -2.66. The lowest BCUT2D eigenvalue weighted by Gasteiger charge is -2.46. The van der Waals surface area contributed by atoms with Gasteiger partial charge in [0.05, 0.1) is 28.9 Å². The highest BCUT2D eigenvalue weighted by atomic mass is 16.7. The number of phenolic OH excluding ortho intramolecular Hbond substituents is 2. The van der Waals surface area contributed by atoms with Gasteiger partial charge in [-0.15, -0.1) is 0 Å². The molecule has 2 aliphatic carbocycles. The molecule has 1 unspecified atom stereocenters. The van der Waals surface area contributed by atoms with Crippen LogP contribution in [0.3, 0.4) is 0 Å². The number of hydrogen-bond acceptors (Lipinski definition) is 11. The van der Waals surface area contributed by atoms with E-state index in [0.717, 1.165) is 6.92 Å². The Bertz CT molecular complexity index is 1340. The molecule has 7 N–H and O–H groups in total. The normalized spacial score (nSPS) is 32.9. The Kier molecular flexibility index (Phi) is 5.79. The molecule has 196 valence electrons. The van der Waals surface area contributed by atoms with Gasteiger partial charge in [0.1, 0.15) is 17.1 Å². The van der Waals surface area contributed by atoms with Gasteiger partial charge in [-0.05, 0) is 13.8 Å². The summed E-state index contributed by atoms with van der Waals surface area (Å²) in [6, 6.07) is 5.08. The summed E-state index contributed by atoms with van der Waals surface area (Å²) in [6.07, 6.45) is -4.51. The number of rotatable bonds is 3. The molecule has 1 fully saturated rings. The van der Waals surface area contributed by atoms with E-state index in [2.05, 4.69) is 0 Å². The van der Waals surface area contributed by atoms with Crippen LogP contribution in [-0.2, 0) is 26.5 Å². The second-order valence-corrected chi connectivity index (χ2v) is 10.0.